The molecule has 1 aromatic carbocycles. The first-order chi connectivity index (χ1) is 8.77. The van der Waals surface area contributed by atoms with Crippen molar-refractivity contribution in [3.8, 4) is 11.8 Å². The Morgan fingerprint density at radius 2 is 1.89 bits per heavy atom. The standard InChI is InChI=1S/C15H20BrNO/c1-2-3-4-5-6-7-10-18-15-9-8-14(16)11-13(15)12-17/h8-9,11H,2-7,10H2,1H3. The minimum atomic E-state index is 0.593. The van der Waals surface area contributed by atoms with Gasteiger partial charge in [0, 0.05) is 4.47 Å². The van der Waals surface area contributed by atoms with Crippen LogP contribution in [0.4, 0.5) is 0 Å². The van der Waals surface area contributed by atoms with Crippen LogP contribution in [0.2, 0.25) is 0 Å². The number of nitriles is 1. The Labute approximate surface area is 118 Å². The molecule has 0 spiro atoms. The van der Waals surface area contributed by atoms with E-state index in [1.165, 1.54) is 32.1 Å². The molecule has 0 aliphatic carbocycles. The molecule has 1 aromatic rings. The van der Waals surface area contributed by atoms with Crippen molar-refractivity contribution in [1.82, 2.24) is 0 Å². The third kappa shape index (κ3) is 5.55. The van der Waals surface area contributed by atoms with Crippen LogP contribution in [0.5, 0.6) is 5.75 Å². The second-order valence-corrected chi connectivity index (χ2v) is 5.28. The van der Waals surface area contributed by atoms with E-state index in [2.05, 4.69) is 28.9 Å². The van der Waals surface area contributed by atoms with E-state index in [0.29, 0.717) is 17.9 Å². The highest BCUT2D eigenvalue weighted by atomic mass is 79.9. The van der Waals surface area contributed by atoms with E-state index in [4.69, 9.17) is 10.00 Å². The van der Waals surface area contributed by atoms with Crippen LogP contribution >= 0.6 is 15.9 Å². The average Bonchev–Trinajstić information content (AvgIpc) is 2.39. The lowest BCUT2D eigenvalue weighted by Gasteiger charge is -2.08. The summed E-state index contributed by atoms with van der Waals surface area (Å²) in [6.45, 7) is 2.92. The van der Waals surface area contributed by atoms with Crippen LogP contribution in [0.15, 0.2) is 22.7 Å². The van der Waals surface area contributed by atoms with Crippen LogP contribution in [0.3, 0.4) is 0 Å². The molecule has 0 N–H and O–H groups in total. The first-order valence-corrected chi connectivity index (χ1v) is 7.39. The molecule has 0 atom stereocenters. The third-order valence-electron chi connectivity index (χ3n) is 2.82. The zero-order valence-corrected chi connectivity index (χ0v) is 12.5. The predicted octanol–water partition coefficient (Wildman–Crippen LogP) is 5.06. The van der Waals surface area contributed by atoms with Gasteiger partial charge in [0.25, 0.3) is 0 Å². The van der Waals surface area contributed by atoms with Crippen molar-refractivity contribution < 1.29 is 4.74 Å². The SMILES string of the molecule is CCCCCCCCOc1ccc(Br)cc1C#N. The first-order valence-electron chi connectivity index (χ1n) is 6.60. The normalized spacial score (nSPS) is 10.1. The molecule has 0 aromatic heterocycles. The molecule has 98 valence electrons. The maximum absolute atomic E-state index is 8.99. The van der Waals surface area contributed by atoms with Crippen molar-refractivity contribution in [3.05, 3.63) is 28.2 Å². The van der Waals surface area contributed by atoms with E-state index in [1.54, 1.807) is 6.07 Å². The highest BCUT2D eigenvalue weighted by molar-refractivity contribution is 9.10. The molecule has 1 rings (SSSR count). The molecular formula is C15H20BrNO. The van der Waals surface area contributed by atoms with E-state index in [-0.39, 0.29) is 0 Å². The highest BCUT2D eigenvalue weighted by Gasteiger charge is 2.03. The van der Waals surface area contributed by atoms with Crippen LogP contribution in [-0.2, 0) is 0 Å². The monoisotopic (exact) mass is 309 g/mol. The van der Waals surface area contributed by atoms with Gasteiger partial charge in [-0.3, -0.25) is 0 Å². The largest absolute Gasteiger partial charge is 0.492 e. The van der Waals surface area contributed by atoms with Gasteiger partial charge in [-0.2, -0.15) is 5.26 Å². The fraction of sp³-hybridized carbons (Fsp3) is 0.533. The van der Waals surface area contributed by atoms with E-state index < -0.39 is 0 Å². The molecule has 0 aliphatic rings. The maximum atomic E-state index is 8.99. The molecule has 18 heavy (non-hydrogen) atoms. The average molecular weight is 310 g/mol. The summed E-state index contributed by atoms with van der Waals surface area (Å²) in [6, 6.07) is 7.69. The predicted molar refractivity (Wildman–Crippen MR) is 77.7 cm³/mol. The molecule has 0 unspecified atom stereocenters. The number of benzene rings is 1. The van der Waals surface area contributed by atoms with E-state index in [0.717, 1.165) is 10.9 Å². The Morgan fingerprint density at radius 3 is 2.61 bits per heavy atom. The van der Waals surface area contributed by atoms with Crippen LogP contribution in [0.1, 0.15) is 51.0 Å². The van der Waals surface area contributed by atoms with Gasteiger partial charge in [-0.1, -0.05) is 55.0 Å². The molecule has 0 radical (unpaired) electrons. The number of hydrogen-bond acceptors (Lipinski definition) is 2. The van der Waals surface area contributed by atoms with Crippen molar-refractivity contribution in [2.45, 2.75) is 45.4 Å². The maximum Gasteiger partial charge on any atom is 0.137 e. The molecule has 0 saturated heterocycles. The zero-order chi connectivity index (χ0) is 13.2. The summed E-state index contributed by atoms with van der Waals surface area (Å²) < 4.78 is 6.55. The van der Waals surface area contributed by atoms with Crippen LogP contribution < -0.4 is 4.74 Å². The Morgan fingerprint density at radius 1 is 1.17 bits per heavy atom. The lowest BCUT2D eigenvalue weighted by molar-refractivity contribution is 0.303. The number of rotatable bonds is 8. The van der Waals surface area contributed by atoms with Gasteiger partial charge in [-0.25, -0.2) is 0 Å². The topological polar surface area (TPSA) is 33.0 Å². The van der Waals surface area contributed by atoms with E-state index in [9.17, 15) is 0 Å². The van der Waals surface area contributed by atoms with Gasteiger partial charge in [0.05, 0.1) is 12.2 Å². The summed E-state index contributed by atoms with van der Waals surface area (Å²) in [5, 5.41) is 8.99. The van der Waals surface area contributed by atoms with Crippen molar-refractivity contribution in [1.29, 1.82) is 5.26 Å². The zero-order valence-electron chi connectivity index (χ0n) is 10.9. The minimum Gasteiger partial charge on any atom is -0.492 e. The number of nitrogens with zero attached hydrogens (tertiary/aromatic N) is 1. The molecule has 0 aliphatic heterocycles. The Kier molecular flexibility index (Phi) is 7.52. The molecule has 0 bridgehead atoms. The smallest absolute Gasteiger partial charge is 0.137 e. The summed E-state index contributed by atoms with van der Waals surface area (Å²) in [7, 11) is 0. The van der Waals surface area contributed by atoms with Crippen molar-refractivity contribution >= 4 is 15.9 Å². The van der Waals surface area contributed by atoms with Crippen molar-refractivity contribution in [2.75, 3.05) is 6.61 Å². The number of hydrogen-bond donors (Lipinski definition) is 0. The second kappa shape index (κ2) is 8.99. The minimum absolute atomic E-state index is 0.593. The molecule has 3 heteroatoms. The highest BCUT2D eigenvalue weighted by Crippen LogP contribution is 2.22. The number of ether oxygens (including phenoxy) is 1. The summed E-state index contributed by atoms with van der Waals surface area (Å²) in [5.74, 6) is 0.689. The summed E-state index contributed by atoms with van der Waals surface area (Å²) in [5.41, 5.74) is 0.593. The van der Waals surface area contributed by atoms with Crippen molar-refractivity contribution in [3.63, 3.8) is 0 Å². The number of halogens is 1. The van der Waals surface area contributed by atoms with Gasteiger partial charge in [0.2, 0.25) is 0 Å². The van der Waals surface area contributed by atoms with Crippen LogP contribution in [0.25, 0.3) is 0 Å². The molecule has 0 amide bonds. The summed E-state index contributed by atoms with van der Waals surface area (Å²) >= 11 is 3.35. The Bertz CT molecular complexity index is 398. The second-order valence-electron chi connectivity index (χ2n) is 4.37. The van der Waals surface area contributed by atoms with Gasteiger partial charge in [0.1, 0.15) is 11.8 Å². The van der Waals surface area contributed by atoms with Crippen LogP contribution in [-0.4, -0.2) is 6.61 Å². The lowest BCUT2D eigenvalue weighted by atomic mass is 10.1. The Balaban J connectivity index is 2.25. The van der Waals surface area contributed by atoms with Crippen LogP contribution in [0, 0.1) is 11.3 Å². The molecule has 0 saturated carbocycles. The van der Waals surface area contributed by atoms with Gasteiger partial charge >= 0.3 is 0 Å². The van der Waals surface area contributed by atoms with Crippen molar-refractivity contribution in [2.24, 2.45) is 0 Å². The van der Waals surface area contributed by atoms with Gasteiger partial charge in [-0.05, 0) is 24.6 Å². The van der Waals surface area contributed by atoms with E-state index >= 15 is 0 Å². The fourth-order valence-electron chi connectivity index (χ4n) is 1.78. The molecule has 0 fully saturated rings. The van der Waals surface area contributed by atoms with Gasteiger partial charge in [0.15, 0.2) is 0 Å². The van der Waals surface area contributed by atoms with Gasteiger partial charge in [-0.15, -0.1) is 0 Å². The molecular weight excluding hydrogens is 290 g/mol. The lowest BCUT2D eigenvalue weighted by Crippen LogP contribution is -1.99. The molecule has 0 heterocycles. The first kappa shape index (κ1) is 15.0. The van der Waals surface area contributed by atoms with E-state index in [1.807, 2.05) is 12.1 Å². The van der Waals surface area contributed by atoms with Gasteiger partial charge < -0.3 is 4.74 Å². The number of unbranched alkanes of at least 4 members (excludes halogenated alkanes) is 5. The quantitative estimate of drug-likeness (QED) is 0.629. The fourth-order valence-corrected chi connectivity index (χ4v) is 2.14. The summed E-state index contributed by atoms with van der Waals surface area (Å²) in [4.78, 5) is 0. The molecule has 2 nitrogen and oxygen atoms in total. The third-order valence-corrected chi connectivity index (χ3v) is 3.31. The summed E-state index contributed by atoms with van der Waals surface area (Å²) in [6.07, 6.45) is 7.47. The Hall–Kier alpha value is -1.01.